The smallest absolute Gasteiger partial charge is 0.167 e. The van der Waals surface area contributed by atoms with Gasteiger partial charge in [0.1, 0.15) is 5.76 Å². The number of hydrogen-bond donors (Lipinski definition) is 0. The van der Waals surface area contributed by atoms with Crippen LogP contribution in [0.3, 0.4) is 0 Å². The fourth-order valence-corrected chi connectivity index (χ4v) is 1.33. The fourth-order valence-electron chi connectivity index (χ4n) is 1.33. The van der Waals surface area contributed by atoms with Gasteiger partial charge >= 0.3 is 0 Å². The summed E-state index contributed by atoms with van der Waals surface area (Å²) < 4.78 is 10.5. The molecule has 0 N–H and O–H groups in total. The minimum absolute atomic E-state index is 0.549. The lowest BCUT2D eigenvalue weighted by molar-refractivity contribution is -0.105. The van der Waals surface area contributed by atoms with Gasteiger partial charge in [-0.25, -0.2) is 0 Å². The quantitative estimate of drug-likeness (QED) is 0.622. The van der Waals surface area contributed by atoms with Crippen LogP contribution >= 0.6 is 0 Å². The molecule has 0 aromatic carbocycles. The van der Waals surface area contributed by atoms with Crippen molar-refractivity contribution >= 4 is 6.29 Å². The van der Waals surface area contributed by atoms with Gasteiger partial charge in [-0.05, 0) is 13.3 Å². The molecule has 0 aliphatic heterocycles. The van der Waals surface area contributed by atoms with Crippen molar-refractivity contribution in [3.8, 4) is 0 Å². The predicted octanol–water partition coefficient (Wildman–Crippen LogP) is 1.80. The molecule has 1 aliphatic carbocycles. The first-order valence-electron chi connectivity index (χ1n) is 4.39. The SMILES string of the molecule is CCOC1=C(OC)CCC=C1C=O. The number of hydrogen-bond acceptors (Lipinski definition) is 3. The molecule has 0 bridgehead atoms. The third-order valence-electron chi connectivity index (χ3n) is 1.91. The topological polar surface area (TPSA) is 35.5 Å². The Morgan fingerprint density at radius 1 is 1.62 bits per heavy atom. The lowest BCUT2D eigenvalue weighted by Crippen LogP contribution is -2.07. The van der Waals surface area contributed by atoms with Crippen LogP contribution in [0.25, 0.3) is 0 Å². The van der Waals surface area contributed by atoms with Crippen LogP contribution in [0.4, 0.5) is 0 Å². The number of carbonyl (C=O) groups excluding carboxylic acids is 1. The Kier molecular flexibility index (Phi) is 3.55. The summed E-state index contributed by atoms with van der Waals surface area (Å²) in [5, 5.41) is 0. The molecule has 0 aromatic rings. The minimum atomic E-state index is 0.549. The number of methoxy groups -OCH3 is 1. The molecular formula is C10H14O3. The zero-order valence-electron chi connectivity index (χ0n) is 8.00. The lowest BCUT2D eigenvalue weighted by Gasteiger charge is -2.17. The van der Waals surface area contributed by atoms with E-state index in [1.54, 1.807) is 7.11 Å². The van der Waals surface area contributed by atoms with E-state index in [1.165, 1.54) is 0 Å². The van der Waals surface area contributed by atoms with Gasteiger partial charge in [-0.15, -0.1) is 0 Å². The number of allylic oxidation sites excluding steroid dienone is 3. The highest BCUT2D eigenvalue weighted by Gasteiger charge is 2.17. The van der Waals surface area contributed by atoms with E-state index in [0.29, 0.717) is 17.9 Å². The molecule has 0 aromatic heterocycles. The van der Waals surface area contributed by atoms with Crippen LogP contribution in [-0.4, -0.2) is 20.0 Å². The van der Waals surface area contributed by atoms with E-state index in [0.717, 1.165) is 24.9 Å². The molecule has 0 fully saturated rings. The summed E-state index contributed by atoms with van der Waals surface area (Å²) in [5.74, 6) is 1.37. The molecule has 1 rings (SSSR count). The van der Waals surface area contributed by atoms with Crippen molar-refractivity contribution in [2.45, 2.75) is 19.8 Å². The van der Waals surface area contributed by atoms with E-state index >= 15 is 0 Å². The van der Waals surface area contributed by atoms with Gasteiger partial charge in [-0.3, -0.25) is 4.79 Å². The van der Waals surface area contributed by atoms with Gasteiger partial charge in [0.25, 0.3) is 0 Å². The molecule has 1 aliphatic rings. The molecular weight excluding hydrogens is 168 g/mol. The highest BCUT2D eigenvalue weighted by molar-refractivity contribution is 5.79. The average molecular weight is 182 g/mol. The van der Waals surface area contributed by atoms with Crippen LogP contribution < -0.4 is 0 Å². The van der Waals surface area contributed by atoms with Crippen LogP contribution in [0.5, 0.6) is 0 Å². The largest absolute Gasteiger partial charge is 0.497 e. The van der Waals surface area contributed by atoms with Crippen molar-refractivity contribution in [2.24, 2.45) is 0 Å². The third kappa shape index (κ3) is 2.11. The Labute approximate surface area is 78.0 Å². The fraction of sp³-hybridized carbons (Fsp3) is 0.500. The van der Waals surface area contributed by atoms with Crippen molar-refractivity contribution < 1.29 is 14.3 Å². The summed E-state index contributed by atoms with van der Waals surface area (Å²) in [4.78, 5) is 10.7. The van der Waals surface area contributed by atoms with Gasteiger partial charge in [-0.1, -0.05) is 6.08 Å². The van der Waals surface area contributed by atoms with E-state index in [4.69, 9.17) is 9.47 Å². The second-order valence-electron chi connectivity index (χ2n) is 2.71. The highest BCUT2D eigenvalue weighted by Crippen LogP contribution is 2.25. The van der Waals surface area contributed by atoms with Gasteiger partial charge in [0.05, 0.1) is 19.3 Å². The first-order chi connectivity index (χ1) is 6.33. The van der Waals surface area contributed by atoms with Crippen molar-refractivity contribution in [3.63, 3.8) is 0 Å². The second-order valence-corrected chi connectivity index (χ2v) is 2.71. The Morgan fingerprint density at radius 3 is 2.92 bits per heavy atom. The van der Waals surface area contributed by atoms with E-state index in [2.05, 4.69) is 0 Å². The molecule has 3 nitrogen and oxygen atoms in total. The molecule has 0 saturated heterocycles. The number of carbonyl (C=O) groups is 1. The molecule has 0 unspecified atom stereocenters. The molecule has 0 saturated carbocycles. The summed E-state index contributed by atoms with van der Waals surface area (Å²) in [7, 11) is 1.60. The van der Waals surface area contributed by atoms with Gasteiger partial charge in [0.15, 0.2) is 12.0 Å². The summed E-state index contributed by atoms with van der Waals surface area (Å²) >= 11 is 0. The van der Waals surface area contributed by atoms with Crippen LogP contribution in [0.2, 0.25) is 0 Å². The molecule has 0 radical (unpaired) electrons. The zero-order valence-corrected chi connectivity index (χ0v) is 8.00. The molecule has 0 amide bonds. The lowest BCUT2D eigenvalue weighted by atomic mass is 10.0. The summed E-state index contributed by atoms with van der Waals surface area (Å²) in [5.41, 5.74) is 0.602. The van der Waals surface area contributed by atoms with Crippen molar-refractivity contribution in [2.75, 3.05) is 13.7 Å². The van der Waals surface area contributed by atoms with Crippen molar-refractivity contribution in [1.82, 2.24) is 0 Å². The molecule has 0 spiro atoms. The van der Waals surface area contributed by atoms with Gasteiger partial charge in [-0.2, -0.15) is 0 Å². The maximum absolute atomic E-state index is 10.7. The minimum Gasteiger partial charge on any atom is -0.497 e. The van der Waals surface area contributed by atoms with Gasteiger partial charge < -0.3 is 9.47 Å². The Morgan fingerprint density at radius 2 is 2.38 bits per heavy atom. The van der Waals surface area contributed by atoms with E-state index in [1.807, 2.05) is 13.0 Å². The van der Waals surface area contributed by atoms with E-state index in [9.17, 15) is 4.79 Å². The zero-order chi connectivity index (χ0) is 9.68. The number of aldehydes is 1. The normalized spacial score (nSPS) is 16.6. The summed E-state index contributed by atoms with van der Waals surface area (Å²) in [6.07, 6.45) is 4.33. The molecule has 72 valence electrons. The van der Waals surface area contributed by atoms with E-state index in [-0.39, 0.29) is 0 Å². The number of rotatable bonds is 4. The second kappa shape index (κ2) is 4.70. The van der Waals surface area contributed by atoms with Crippen molar-refractivity contribution in [1.29, 1.82) is 0 Å². The third-order valence-corrected chi connectivity index (χ3v) is 1.91. The van der Waals surface area contributed by atoms with E-state index < -0.39 is 0 Å². The highest BCUT2D eigenvalue weighted by atomic mass is 16.5. The maximum atomic E-state index is 10.7. The van der Waals surface area contributed by atoms with Crippen LogP contribution in [0, 0.1) is 0 Å². The Balaban J connectivity index is 2.91. The molecule has 3 heteroatoms. The predicted molar refractivity (Wildman–Crippen MR) is 49.0 cm³/mol. The summed E-state index contributed by atoms with van der Waals surface area (Å²) in [6, 6.07) is 0. The van der Waals surface area contributed by atoms with Gasteiger partial charge in [0.2, 0.25) is 0 Å². The van der Waals surface area contributed by atoms with Crippen LogP contribution in [-0.2, 0) is 14.3 Å². The Bertz CT molecular complexity index is 251. The Hall–Kier alpha value is -1.25. The van der Waals surface area contributed by atoms with Crippen LogP contribution in [0.1, 0.15) is 19.8 Å². The maximum Gasteiger partial charge on any atom is 0.167 e. The van der Waals surface area contributed by atoms with Crippen LogP contribution in [0.15, 0.2) is 23.2 Å². The monoisotopic (exact) mass is 182 g/mol. The molecule has 0 atom stereocenters. The van der Waals surface area contributed by atoms with Crippen molar-refractivity contribution in [3.05, 3.63) is 23.2 Å². The van der Waals surface area contributed by atoms with Gasteiger partial charge in [0, 0.05) is 6.42 Å². The first kappa shape index (κ1) is 9.84. The summed E-state index contributed by atoms with van der Waals surface area (Å²) in [6.45, 7) is 2.44. The molecule has 0 heterocycles. The standard InChI is InChI=1S/C10H14O3/c1-3-13-10-8(7-11)5-4-6-9(10)12-2/h5,7H,3-4,6H2,1-2H3. The first-order valence-corrected chi connectivity index (χ1v) is 4.39. The average Bonchev–Trinajstić information content (AvgIpc) is 2.18. The number of ether oxygens (including phenoxy) is 2. The molecule has 13 heavy (non-hydrogen) atoms.